The second-order valence-electron chi connectivity index (χ2n) is 5.26. The van der Waals surface area contributed by atoms with E-state index in [1.165, 1.54) is 0 Å². The molecule has 1 aliphatic heterocycles. The van der Waals surface area contributed by atoms with Crippen molar-refractivity contribution in [1.29, 1.82) is 0 Å². The zero-order valence-corrected chi connectivity index (χ0v) is 12.2. The van der Waals surface area contributed by atoms with Gasteiger partial charge in [-0.3, -0.25) is 9.78 Å². The van der Waals surface area contributed by atoms with Crippen LogP contribution in [0.25, 0.3) is 0 Å². The number of benzene rings is 1. The zero-order chi connectivity index (χ0) is 15.4. The maximum absolute atomic E-state index is 12.7. The fourth-order valence-electron chi connectivity index (χ4n) is 2.62. The molecule has 0 saturated heterocycles. The first-order chi connectivity index (χ1) is 10.8. The highest BCUT2D eigenvalue weighted by Gasteiger charge is 2.32. The minimum atomic E-state index is -0.513. The third kappa shape index (κ3) is 3.09. The summed E-state index contributed by atoms with van der Waals surface area (Å²) in [5.41, 5.74) is 1.98. The van der Waals surface area contributed by atoms with Crippen LogP contribution in [-0.4, -0.2) is 40.2 Å². The molecule has 1 unspecified atom stereocenters. The van der Waals surface area contributed by atoms with E-state index in [-0.39, 0.29) is 19.1 Å². The maximum atomic E-state index is 12.7. The molecule has 2 aromatic rings. The lowest BCUT2D eigenvalue weighted by molar-refractivity contribution is -0.139. The molecule has 0 saturated carbocycles. The second kappa shape index (κ2) is 6.58. The smallest absolute Gasteiger partial charge is 0.264 e. The molecule has 22 heavy (non-hydrogen) atoms. The number of hydrogen-bond donors (Lipinski definition) is 1. The third-order valence-corrected chi connectivity index (χ3v) is 3.70. The summed E-state index contributed by atoms with van der Waals surface area (Å²) in [4.78, 5) is 18.4. The largest absolute Gasteiger partial charge is 0.480 e. The predicted molar refractivity (Wildman–Crippen MR) is 81.3 cm³/mol. The zero-order valence-electron chi connectivity index (χ0n) is 12.2. The van der Waals surface area contributed by atoms with Gasteiger partial charge in [-0.2, -0.15) is 0 Å². The number of para-hydroxylation sites is 1. The maximum Gasteiger partial charge on any atom is 0.264 e. The van der Waals surface area contributed by atoms with Crippen LogP contribution in [0.2, 0.25) is 0 Å². The van der Waals surface area contributed by atoms with Crippen molar-refractivity contribution in [3.63, 3.8) is 0 Å². The molecule has 0 radical (unpaired) electrons. The molecular weight excluding hydrogens is 280 g/mol. The van der Waals surface area contributed by atoms with Crippen LogP contribution in [-0.2, 0) is 17.8 Å². The van der Waals surface area contributed by atoms with Gasteiger partial charge in [-0.1, -0.05) is 24.3 Å². The lowest BCUT2D eigenvalue weighted by atomic mass is 10.1. The molecule has 0 aliphatic carbocycles. The van der Waals surface area contributed by atoms with Gasteiger partial charge >= 0.3 is 0 Å². The molecule has 0 bridgehead atoms. The number of nitrogens with zero attached hydrogens (tertiary/aromatic N) is 2. The van der Waals surface area contributed by atoms with Gasteiger partial charge in [0.05, 0.1) is 6.61 Å². The fourth-order valence-corrected chi connectivity index (χ4v) is 2.62. The van der Waals surface area contributed by atoms with Crippen LogP contribution in [0, 0.1) is 0 Å². The van der Waals surface area contributed by atoms with Gasteiger partial charge in [0, 0.05) is 31.9 Å². The van der Waals surface area contributed by atoms with Crippen molar-refractivity contribution >= 4 is 5.91 Å². The van der Waals surface area contributed by atoms with E-state index in [1.807, 2.05) is 36.4 Å². The third-order valence-electron chi connectivity index (χ3n) is 3.70. The molecule has 1 atom stereocenters. The normalized spacial score (nSPS) is 16.0. The first-order valence-electron chi connectivity index (χ1n) is 7.31. The van der Waals surface area contributed by atoms with Gasteiger partial charge in [-0.05, 0) is 23.3 Å². The quantitative estimate of drug-likeness (QED) is 0.906. The molecule has 3 rings (SSSR count). The summed E-state index contributed by atoms with van der Waals surface area (Å²) in [5, 5.41) is 9.23. The van der Waals surface area contributed by atoms with Gasteiger partial charge in [0.2, 0.25) is 0 Å². The van der Waals surface area contributed by atoms with Crippen molar-refractivity contribution < 1.29 is 14.6 Å². The number of hydrogen-bond acceptors (Lipinski definition) is 4. The number of rotatable bonds is 5. The van der Waals surface area contributed by atoms with Gasteiger partial charge in [0.1, 0.15) is 5.75 Å². The Morgan fingerprint density at radius 2 is 2.18 bits per heavy atom. The number of amides is 1. The monoisotopic (exact) mass is 298 g/mol. The van der Waals surface area contributed by atoms with Crippen molar-refractivity contribution in [2.24, 2.45) is 0 Å². The summed E-state index contributed by atoms with van der Waals surface area (Å²) in [7, 11) is 0. The number of ether oxygens (including phenoxy) is 1. The van der Waals surface area contributed by atoms with E-state index in [1.54, 1.807) is 17.3 Å². The van der Waals surface area contributed by atoms with Crippen LogP contribution in [0.5, 0.6) is 5.75 Å². The SMILES string of the molecule is O=C(C1Cc2ccccc2O1)N(CCO)Cc1cccnc1. The Hall–Kier alpha value is -2.40. The van der Waals surface area contributed by atoms with E-state index in [4.69, 9.17) is 4.74 Å². The molecule has 1 aromatic carbocycles. The van der Waals surface area contributed by atoms with Crippen LogP contribution in [0.1, 0.15) is 11.1 Å². The molecule has 1 amide bonds. The Balaban J connectivity index is 1.71. The Bertz CT molecular complexity index is 620. The average Bonchev–Trinajstić information content (AvgIpc) is 2.99. The average molecular weight is 298 g/mol. The first kappa shape index (κ1) is 14.5. The number of pyridine rings is 1. The topological polar surface area (TPSA) is 62.7 Å². The number of aromatic nitrogens is 1. The summed E-state index contributed by atoms with van der Waals surface area (Å²) in [6.45, 7) is 0.624. The Labute approximate surface area is 129 Å². The number of carbonyl (C=O) groups is 1. The number of carbonyl (C=O) groups excluding carboxylic acids is 1. The van der Waals surface area contributed by atoms with Gasteiger partial charge < -0.3 is 14.7 Å². The highest BCUT2D eigenvalue weighted by atomic mass is 16.5. The number of aliphatic hydroxyl groups excluding tert-OH is 1. The van der Waals surface area contributed by atoms with Crippen molar-refractivity contribution in [2.75, 3.05) is 13.2 Å². The van der Waals surface area contributed by atoms with Crippen LogP contribution in [0.15, 0.2) is 48.8 Å². The van der Waals surface area contributed by atoms with E-state index >= 15 is 0 Å². The highest BCUT2D eigenvalue weighted by Crippen LogP contribution is 2.29. The van der Waals surface area contributed by atoms with Gasteiger partial charge in [-0.25, -0.2) is 0 Å². The van der Waals surface area contributed by atoms with Crippen LogP contribution >= 0.6 is 0 Å². The molecule has 0 fully saturated rings. The second-order valence-corrected chi connectivity index (χ2v) is 5.26. The fraction of sp³-hybridized carbons (Fsp3) is 0.294. The molecule has 1 aromatic heterocycles. The van der Waals surface area contributed by atoms with Crippen LogP contribution in [0.4, 0.5) is 0 Å². The summed E-state index contributed by atoms with van der Waals surface area (Å²) >= 11 is 0. The molecule has 1 aliphatic rings. The number of aliphatic hydroxyl groups is 1. The molecule has 5 nitrogen and oxygen atoms in total. The summed E-state index contributed by atoms with van der Waals surface area (Å²) in [6, 6.07) is 11.4. The molecule has 114 valence electrons. The molecule has 0 spiro atoms. The Morgan fingerprint density at radius 1 is 1.32 bits per heavy atom. The van der Waals surface area contributed by atoms with E-state index in [9.17, 15) is 9.90 Å². The lowest BCUT2D eigenvalue weighted by Crippen LogP contribution is -2.42. The van der Waals surface area contributed by atoms with E-state index in [0.29, 0.717) is 13.0 Å². The highest BCUT2D eigenvalue weighted by molar-refractivity contribution is 5.82. The Morgan fingerprint density at radius 3 is 2.91 bits per heavy atom. The van der Waals surface area contributed by atoms with Crippen molar-refractivity contribution in [1.82, 2.24) is 9.88 Å². The summed E-state index contributed by atoms with van der Waals surface area (Å²) in [6.07, 6.45) is 3.48. The van der Waals surface area contributed by atoms with Crippen LogP contribution in [0.3, 0.4) is 0 Å². The minimum absolute atomic E-state index is 0.0777. The standard InChI is InChI=1S/C17H18N2O3/c20-9-8-19(12-13-4-3-7-18-11-13)17(21)16-10-14-5-1-2-6-15(14)22-16/h1-7,11,16,20H,8-10,12H2. The molecule has 1 N–H and O–H groups in total. The first-order valence-corrected chi connectivity index (χ1v) is 7.31. The molecular formula is C17H18N2O3. The van der Waals surface area contributed by atoms with E-state index in [0.717, 1.165) is 16.9 Å². The van der Waals surface area contributed by atoms with Crippen molar-refractivity contribution in [2.45, 2.75) is 19.1 Å². The van der Waals surface area contributed by atoms with Gasteiger partial charge in [-0.15, -0.1) is 0 Å². The Kier molecular flexibility index (Phi) is 4.34. The van der Waals surface area contributed by atoms with Gasteiger partial charge in [0.15, 0.2) is 6.10 Å². The lowest BCUT2D eigenvalue weighted by Gasteiger charge is -2.24. The molecule has 5 heteroatoms. The van der Waals surface area contributed by atoms with Gasteiger partial charge in [0.25, 0.3) is 5.91 Å². The van der Waals surface area contributed by atoms with Crippen molar-refractivity contribution in [3.05, 3.63) is 59.9 Å². The minimum Gasteiger partial charge on any atom is -0.480 e. The summed E-state index contributed by atoms with van der Waals surface area (Å²) in [5.74, 6) is 0.667. The van der Waals surface area contributed by atoms with Crippen LogP contribution < -0.4 is 4.74 Å². The predicted octanol–water partition coefficient (Wildman–Crippen LogP) is 1.41. The van der Waals surface area contributed by atoms with E-state index in [2.05, 4.69) is 4.98 Å². The van der Waals surface area contributed by atoms with Crippen molar-refractivity contribution in [3.8, 4) is 5.75 Å². The summed E-state index contributed by atoms with van der Waals surface area (Å²) < 4.78 is 5.75. The number of fused-ring (bicyclic) bond motifs is 1. The van der Waals surface area contributed by atoms with E-state index < -0.39 is 6.10 Å². The molecule has 2 heterocycles.